The lowest BCUT2D eigenvalue weighted by Gasteiger charge is -2.31. The predicted octanol–water partition coefficient (Wildman–Crippen LogP) is 4.21. The second kappa shape index (κ2) is 5.91. The van der Waals surface area contributed by atoms with Gasteiger partial charge in [0.1, 0.15) is 17.9 Å². The number of nitrogens with zero attached hydrogens (tertiary/aromatic N) is 1. The fourth-order valence-corrected chi connectivity index (χ4v) is 2.78. The first-order chi connectivity index (χ1) is 8.74. The number of aryl methyl sites for hydroxylation is 1. The molecule has 0 aromatic heterocycles. The summed E-state index contributed by atoms with van der Waals surface area (Å²) < 4.78 is 6.14. The average Bonchev–Trinajstić information content (AvgIpc) is 2.40. The lowest BCUT2D eigenvalue weighted by molar-refractivity contribution is 0.0900. The van der Waals surface area contributed by atoms with E-state index in [-0.39, 0.29) is 6.10 Å². The largest absolute Gasteiger partial charge is 0.489 e. The van der Waals surface area contributed by atoms with Gasteiger partial charge in [-0.1, -0.05) is 19.4 Å². The molecule has 1 saturated carbocycles. The number of nitriles is 1. The second-order valence-electron chi connectivity index (χ2n) is 5.22. The van der Waals surface area contributed by atoms with E-state index in [1.165, 1.54) is 25.7 Å². The van der Waals surface area contributed by atoms with Crippen LogP contribution in [-0.4, -0.2) is 6.10 Å². The highest BCUT2D eigenvalue weighted by atomic mass is 16.5. The van der Waals surface area contributed by atoms with E-state index in [2.05, 4.69) is 13.0 Å². The molecule has 0 amide bonds. The van der Waals surface area contributed by atoms with E-state index in [0.717, 1.165) is 17.7 Å². The zero-order valence-corrected chi connectivity index (χ0v) is 11.3. The van der Waals surface area contributed by atoms with Crippen LogP contribution in [0.3, 0.4) is 0 Å². The number of hydrogen-bond acceptors (Lipinski definition) is 2. The molecule has 2 heteroatoms. The SMILES string of the molecule is CCC1CCCCC1Oc1cc(C)ccc1C#N. The molecule has 0 aliphatic heterocycles. The standard InChI is InChI=1S/C16H21NO/c1-3-13-6-4-5-7-15(13)18-16-10-12(2)8-9-14(16)11-17/h8-10,13,15H,3-7H2,1-2H3. The maximum Gasteiger partial charge on any atom is 0.137 e. The van der Waals surface area contributed by atoms with Crippen LogP contribution in [0.1, 0.15) is 50.2 Å². The summed E-state index contributed by atoms with van der Waals surface area (Å²) in [6, 6.07) is 8.02. The summed E-state index contributed by atoms with van der Waals surface area (Å²) in [5.41, 5.74) is 1.80. The fraction of sp³-hybridized carbons (Fsp3) is 0.562. The van der Waals surface area contributed by atoms with Crippen molar-refractivity contribution in [1.82, 2.24) is 0 Å². The van der Waals surface area contributed by atoms with Crippen LogP contribution in [0.4, 0.5) is 0 Å². The highest BCUT2D eigenvalue weighted by Gasteiger charge is 2.25. The Bertz CT molecular complexity index is 447. The third kappa shape index (κ3) is 2.85. The van der Waals surface area contributed by atoms with Crippen molar-refractivity contribution >= 4 is 0 Å². The van der Waals surface area contributed by atoms with Gasteiger partial charge in [0.05, 0.1) is 5.56 Å². The van der Waals surface area contributed by atoms with E-state index in [0.29, 0.717) is 11.5 Å². The Morgan fingerprint density at radius 2 is 2.11 bits per heavy atom. The van der Waals surface area contributed by atoms with E-state index in [1.54, 1.807) is 0 Å². The molecule has 2 rings (SSSR count). The number of rotatable bonds is 3. The molecule has 1 fully saturated rings. The quantitative estimate of drug-likeness (QED) is 0.796. The zero-order chi connectivity index (χ0) is 13.0. The third-order valence-corrected chi connectivity index (χ3v) is 3.90. The van der Waals surface area contributed by atoms with Crippen molar-refractivity contribution in [1.29, 1.82) is 5.26 Å². The molecule has 0 heterocycles. The first-order valence-electron chi connectivity index (χ1n) is 6.92. The van der Waals surface area contributed by atoms with Crippen LogP contribution in [-0.2, 0) is 0 Å². The van der Waals surface area contributed by atoms with Crippen LogP contribution < -0.4 is 4.74 Å². The zero-order valence-electron chi connectivity index (χ0n) is 11.3. The van der Waals surface area contributed by atoms with E-state index in [4.69, 9.17) is 10.00 Å². The summed E-state index contributed by atoms with van der Waals surface area (Å²) in [5.74, 6) is 1.41. The van der Waals surface area contributed by atoms with Gasteiger partial charge in [0, 0.05) is 0 Å². The molecule has 18 heavy (non-hydrogen) atoms. The molecular formula is C16H21NO. The molecule has 1 aromatic rings. The Balaban J connectivity index is 2.17. The first-order valence-corrected chi connectivity index (χ1v) is 6.92. The highest BCUT2D eigenvalue weighted by molar-refractivity contribution is 5.45. The molecule has 2 atom stereocenters. The van der Waals surface area contributed by atoms with Crippen LogP contribution in [0.15, 0.2) is 18.2 Å². The Kier molecular flexibility index (Phi) is 4.25. The van der Waals surface area contributed by atoms with E-state index >= 15 is 0 Å². The van der Waals surface area contributed by atoms with Gasteiger partial charge in [0.2, 0.25) is 0 Å². The van der Waals surface area contributed by atoms with Crippen LogP contribution in [0.2, 0.25) is 0 Å². The molecule has 0 spiro atoms. The van der Waals surface area contributed by atoms with Gasteiger partial charge in [-0.05, 0) is 56.2 Å². The first kappa shape index (κ1) is 13.0. The molecular weight excluding hydrogens is 222 g/mol. The topological polar surface area (TPSA) is 33.0 Å². The average molecular weight is 243 g/mol. The Morgan fingerprint density at radius 1 is 1.33 bits per heavy atom. The Morgan fingerprint density at radius 3 is 2.83 bits per heavy atom. The van der Waals surface area contributed by atoms with Crippen molar-refractivity contribution in [2.24, 2.45) is 5.92 Å². The maximum absolute atomic E-state index is 9.13. The summed E-state index contributed by atoms with van der Waals surface area (Å²) in [6.45, 7) is 4.26. The van der Waals surface area contributed by atoms with Gasteiger partial charge in [-0.25, -0.2) is 0 Å². The lowest BCUT2D eigenvalue weighted by Crippen LogP contribution is -2.30. The van der Waals surface area contributed by atoms with E-state index in [9.17, 15) is 0 Å². The van der Waals surface area contributed by atoms with Crippen molar-refractivity contribution in [3.8, 4) is 11.8 Å². The van der Waals surface area contributed by atoms with Gasteiger partial charge in [-0.15, -0.1) is 0 Å². The number of benzene rings is 1. The second-order valence-corrected chi connectivity index (χ2v) is 5.22. The molecule has 1 aromatic carbocycles. The van der Waals surface area contributed by atoms with Crippen molar-refractivity contribution in [2.45, 2.75) is 52.1 Å². The number of ether oxygens (including phenoxy) is 1. The monoisotopic (exact) mass is 243 g/mol. The minimum absolute atomic E-state index is 0.289. The summed E-state index contributed by atoms with van der Waals surface area (Å²) in [7, 11) is 0. The molecule has 0 saturated heterocycles. The van der Waals surface area contributed by atoms with Gasteiger partial charge < -0.3 is 4.74 Å². The molecule has 0 bridgehead atoms. The van der Waals surface area contributed by atoms with Crippen LogP contribution in [0.5, 0.6) is 5.75 Å². The Hall–Kier alpha value is -1.49. The highest BCUT2D eigenvalue weighted by Crippen LogP contribution is 2.31. The van der Waals surface area contributed by atoms with Crippen molar-refractivity contribution in [3.05, 3.63) is 29.3 Å². The van der Waals surface area contributed by atoms with Crippen molar-refractivity contribution in [3.63, 3.8) is 0 Å². The molecule has 0 N–H and O–H groups in total. The predicted molar refractivity (Wildman–Crippen MR) is 72.6 cm³/mol. The molecule has 0 radical (unpaired) electrons. The molecule has 2 nitrogen and oxygen atoms in total. The van der Waals surface area contributed by atoms with Crippen LogP contribution in [0.25, 0.3) is 0 Å². The summed E-state index contributed by atoms with van der Waals surface area (Å²) in [4.78, 5) is 0. The van der Waals surface area contributed by atoms with Gasteiger partial charge in [0.25, 0.3) is 0 Å². The van der Waals surface area contributed by atoms with Gasteiger partial charge >= 0.3 is 0 Å². The third-order valence-electron chi connectivity index (χ3n) is 3.90. The normalized spacial score (nSPS) is 23.4. The maximum atomic E-state index is 9.13. The van der Waals surface area contributed by atoms with Crippen LogP contribution in [0, 0.1) is 24.2 Å². The van der Waals surface area contributed by atoms with Gasteiger partial charge in [-0.2, -0.15) is 5.26 Å². The summed E-state index contributed by atoms with van der Waals surface area (Å²) in [5, 5.41) is 9.13. The van der Waals surface area contributed by atoms with Gasteiger partial charge in [-0.3, -0.25) is 0 Å². The number of hydrogen-bond donors (Lipinski definition) is 0. The van der Waals surface area contributed by atoms with E-state index < -0.39 is 0 Å². The smallest absolute Gasteiger partial charge is 0.137 e. The minimum atomic E-state index is 0.289. The van der Waals surface area contributed by atoms with Gasteiger partial charge in [0.15, 0.2) is 0 Å². The Labute approximate surface area is 110 Å². The van der Waals surface area contributed by atoms with Crippen LogP contribution >= 0.6 is 0 Å². The summed E-state index contributed by atoms with van der Waals surface area (Å²) in [6.07, 6.45) is 6.40. The van der Waals surface area contributed by atoms with Crippen molar-refractivity contribution in [2.75, 3.05) is 0 Å². The minimum Gasteiger partial charge on any atom is -0.489 e. The molecule has 2 unspecified atom stereocenters. The molecule has 96 valence electrons. The lowest BCUT2D eigenvalue weighted by atomic mass is 9.84. The van der Waals surface area contributed by atoms with Crippen molar-refractivity contribution < 1.29 is 4.74 Å². The summed E-state index contributed by atoms with van der Waals surface area (Å²) >= 11 is 0. The molecule has 1 aliphatic rings. The fourth-order valence-electron chi connectivity index (χ4n) is 2.78. The molecule has 1 aliphatic carbocycles. The van der Waals surface area contributed by atoms with E-state index in [1.807, 2.05) is 25.1 Å².